The molecule has 8 nitrogen and oxygen atoms in total. The highest BCUT2D eigenvalue weighted by molar-refractivity contribution is 5.84. The lowest BCUT2D eigenvalue weighted by Gasteiger charge is -2.05. The molecule has 0 amide bonds. The van der Waals surface area contributed by atoms with Gasteiger partial charge in [-0.2, -0.15) is 10.4 Å². The molecule has 19 heavy (non-hydrogen) atoms. The van der Waals surface area contributed by atoms with Crippen LogP contribution in [-0.4, -0.2) is 25.8 Å². The maximum atomic E-state index is 11.9. The number of carboxylic acids is 1. The van der Waals surface area contributed by atoms with Gasteiger partial charge >= 0.3 is 11.7 Å². The molecule has 0 radical (unpaired) electrons. The number of carbonyl (C=O) groups is 1. The van der Waals surface area contributed by atoms with Crippen LogP contribution >= 0.6 is 0 Å². The van der Waals surface area contributed by atoms with Crippen molar-refractivity contribution >= 4 is 5.97 Å². The first-order valence-electron chi connectivity index (χ1n) is 5.00. The normalized spacial score (nSPS) is 9.84. The van der Waals surface area contributed by atoms with E-state index in [1.807, 2.05) is 11.2 Å². The zero-order chi connectivity index (χ0) is 14.0. The van der Waals surface area contributed by atoms with Gasteiger partial charge in [0.25, 0.3) is 5.56 Å². The van der Waals surface area contributed by atoms with Gasteiger partial charge in [-0.3, -0.25) is 4.79 Å². The topological polar surface area (TPSA) is 129 Å². The lowest BCUT2D eigenvalue weighted by Crippen LogP contribution is -2.39. The van der Waals surface area contributed by atoms with Crippen molar-refractivity contribution in [1.29, 1.82) is 5.26 Å². The van der Waals surface area contributed by atoms with Gasteiger partial charge in [0, 0.05) is 0 Å². The minimum Gasteiger partial charge on any atom is -0.476 e. The van der Waals surface area contributed by atoms with Crippen molar-refractivity contribution in [2.75, 3.05) is 0 Å². The number of carboxylic acid groups (broad SMARTS) is 1. The summed E-state index contributed by atoms with van der Waals surface area (Å²) in [6.45, 7) is 0. The molecule has 0 bridgehead atoms. The smallest absolute Gasteiger partial charge is 0.362 e. The standard InChI is InChI=1S/C11H6N4O4/c12-5-6-3-1-2-4-7(6)15-9(16)8(10(17)18)13-14-11(15)19/h1-4H,(H,14,19)(H,17,18). The third kappa shape index (κ3) is 2.00. The Morgan fingerprint density at radius 3 is 2.68 bits per heavy atom. The van der Waals surface area contributed by atoms with E-state index in [1.54, 1.807) is 6.07 Å². The average molecular weight is 258 g/mol. The maximum Gasteiger partial charge on any atom is 0.362 e. The summed E-state index contributed by atoms with van der Waals surface area (Å²) < 4.78 is 0.564. The summed E-state index contributed by atoms with van der Waals surface area (Å²) in [4.78, 5) is 34.3. The summed E-state index contributed by atoms with van der Waals surface area (Å²) in [6.07, 6.45) is 0. The fourth-order valence-electron chi connectivity index (χ4n) is 1.52. The number of nitrogens with zero attached hydrogens (tertiary/aromatic N) is 3. The van der Waals surface area contributed by atoms with Crippen LogP contribution in [0.15, 0.2) is 33.9 Å². The lowest BCUT2D eigenvalue weighted by atomic mass is 10.2. The molecule has 0 spiro atoms. The number of aromatic nitrogens is 3. The lowest BCUT2D eigenvalue weighted by molar-refractivity contribution is 0.0686. The van der Waals surface area contributed by atoms with E-state index >= 15 is 0 Å². The minimum atomic E-state index is -1.57. The summed E-state index contributed by atoms with van der Waals surface area (Å²) in [7, 11) is 0. The molecule has 2 N–H and O–H groups in total. The summed E-state index contributed by atoms with van der Waals surface area (Å²) in [5.74, 6) is -1.57. The fraction of sp³-hybridized carbons (Fsp3) is 0. The predicted molar refractivity (Wildman–Crippen MR) is 62.1 cm³/mol. The van der Waals surface area contributed by atoms with E-state index in [1.165, 1.54) is 18.2 Å². The number of H-pyrrole nitrogens is 1. The van der Waals surface area contributed by atoms with Crippen LogP contribution in [0.25, 0.3) is 5.69 Å². The van der Waals surface area contributed by atoms with E-state index in [0.29, 0.717) is 4.57 Å². The number of nitriles is 1. The number of aromatic carboxylic acids is 1. The van der Waals surface area contributed by atoms with Crippen LogP contribution in [0.2, 0.25) is 0 Å². The Kier molecular flexibility index (Phi) is 2.95. The molecule has 0 aliphatic rings. The highest BCUT2D eigenvalue weighted by Crippen LogP contribution is 2.09. The van der Waals surface area contributed by atoms with Crippen LogP contribution in [0.4, 0.5) is 0 Å². The minimum absolute atomic E-state index is 0.00106. The van der Waals surface area contributed by atoms with Crippen LogP contribution in [0.3, 0.4) is 0 Å². The molecule has 1 aromatic heterocycles. The maximum absolute atomic E-state index is 11.9. The second-order valence-electron chi connectivity index (χ2n) is 3.45. The van der Waals surface area contributed by atoms with E-state index in [4.69, 9.17) is 10.4 Å². The Morgan fingerprint density at radius 2 is 2.05 bits per heavy atom. The number of rotatable bonds is 2. The number of nitrogens with one attached hydrogen (secondary N) is 1. The molecule has 0 saturated heterocycles. The summed E-state index contributed by atoms with van der Waals surface area (Å²) in [6, 6.07) is 7.66. The molecule has 94 valence electrons. The van der Waals surface area contributed by atoms with Gasteiger partial charge in [-0.05, 0) is 12.1 Å². The van der Waals surface area contributed by atoms with Gasteiger partial charge in [0.15, 0.2) is 0 Å². The van der Waals surface area contributed by atoms with E-state index < -0.39 is 22.9 Å². The SMILES string of the molecule is N#Cc1ccccc1-n1c(=O)[nH]nc(C(=O)O)c1=O. The molecule has 1 heterocycles. The average Bonchev–Trinajstić information content (AvgIpc) is 2.39. The molecule has 0 aliphatic heterocycles. The van der Waals surface area contributed by atoms with E-state index in [0.717, 1.165) is 0 Å². The molecule has 1 aromatic carbocycles. The summed E-state index contributed by atoms with van der Waals surface area (Å²) in [5, 5.41) is 22.8. The van der Waals surface area contributed by atoms with Crippen molar-refractivity contribution in [1.82, 2.24) is 14.8 Å². The Hall–Kier alpha value is -3.21. The first kappa shape index (κ1) is 12.3. The molecule has 0 fully saturated rings. The van der Waals surface area contributed by atoms with Gasteiger partial charge in [0.2, 0.25) is 5.69 Å². The van der Waals surface area contributed by atoms with Crippen LogP contribution in [0.1, 0.15) is 16.1 Å². The molecule has 2 rings (SSSR count). The number of hydrogen-bond acceptors (Lipinski definition) is 5. The quantitative estimate of drug-likeness (QED) is 0.746. The van der Waals surface area contributed by atoms with Crippen molar-refractivity contribution in [3.63, 3.8) is 0 Å². The van der Waals surface area contributed by atoms with Crippen LogP contribution in [-0.2, 0) is 0 Å². The summed E-state index contributed by atoms with van der Waals surface area (Å²) in [5.41, 5.74) is -2.78. The third-order valence-electron chi connectivity index (χ3n) is 2.34. The van der Waals surface area contributed by atoms with Crippen molar-refractivity contribution < 1.29 is 9.90 Å². The third-order valence-corrected chi connectivity index (χ3v) is 2.34. The van der Waals surface area contributed by atoms with Crippen LogP contribution < -0.4 is 11.2 Å². The van der Waals surface area contributed by atoms with Gasteiger partial charge in [0.05, 0.1) is 11.3 Å². The van der Waals surface area contributed by atoms with Gasteiger partial charge in [0.1, 0.15) is 6.07 Å². The monoisotopic (exact) mass is 258 g/mol. The van der Waals surface area contributed by atoms with E-state index in [-0.39, 0.29) is 11.3 Å². The molecule has 8 heteroatoms. The van der Waals surface area contributed by atoms with Gasteiger partial charge in [-0.1, -0.05) is 12.1 Å². The van der Waals surface area contributed by atoms with Gasteiger partial charge in [-0.25, -0.2) is 19.3 Å². The van der Waals surface area contributed by atoms with Crippen molar-refractivity contribution in [2.24, 2.45) is 0 Å². The summed E-state index contributed by atoms with van der Waals surface area (Å²) >= 11 is 0. The Labute approximate surface area is 105 Å². The van der Waals surface area contributed by atoms with Crippen molar-refractivity contribution in [3.05, 3.63) is 56.4 Å². The zero-order valence-corrected chi connectivity index (χ0v) is 9.32. The zero-order valence-electron chi connectivity index (χ0n) is 9.32. The number of para-hydroxylation sites is 1. The molecule has 0 aliphatic carbocycles. The highest BCUT2D eigenvalue weighted by atomic mass is 16.4. The predicted octanol–water partition coefficient (Wildman–Crippen LogP) is -0.509. The van der Waals surface area contributed by atoms with Gasteiger partial charge in [-0.15, -0.1) is 0 Å². The number of hydrogen-bond donors (Lipinski definition) is 2. The van der Waals surface area contributed by atoms with Crippen LogP contribution in [0.5, 0.6) is 0 Å². The van der Waals surface area contributed by atoms with Crippen molar-refractivity contribution in [2.45, 2.75) is 0 Å². The first-order valence-corrected chi connectivity index (χ1v) is 5.00. The fourth-order valence-corrected chi connectivity index (χ4v) is 1.52. The molecule has 0 atom stereocenters. The largest absolute Gasteiger partial charge is 0.476 e. The molecule has 0 unspecified atom stereocenters. The first-order chi connectivity index (χ1) is 9.06. The second-order valence-corrected chi connectivity index (χ2v) is 3.45. The highest BCUT2D eigenvalue weighted by Gasteiger charge is 2.17. The van der Waals surface area contributed by atoms with E-state index in [2.05, 4.69) is 5.10 Å². The second kappa shape index (κ2) is 4.58. The van der Waals surface area contributed by atoms with Crippen molar-refractivity contribution in [3.8, 4) is 11.8 Å². The van der Waals surface area contributed by atoms with Gasteiger partial charge < -0.3 is 5.11 Å². The number of benzene rings is 1. The Balaban J connectivity index is 2.88. The number of aromatic amines is 1. The Bertz CT molecular complexity index is 812. The van der Waals surface area contributed by atoms with E-state index in [9.17, 15) is 14.4 Å². The molecule has 2 aromatic rings. The molecule has 0 saturated carbocycles. The Morgan fingerprint density at radius 1 is 1.37 bits per heavy atom. The van der Waals surface area contributed by atoms with Crippen LogP contribution in [0, 0.1) is 11.3 Å². The molecular weight excluding hydrogens is 252 g/mol. The molecular formula is C11H6N4O4.